The lowest BCUT2D eigenvalue weighted by atomic mass is 10.5. The van der Waals surface area contributed by atoms with Crippen molar-refractivity contribution in [2.45, 2.75) is 6.54 Å². The van der Waals surface area contributed by atoms with Crippen LogP contribution in [-0.4, -0.2) is 8.42 Å². The fraction of sp³-hybridized carbons (Fsp3) is 0.200. The molecule has 1 heterocycles. The van der Waals surface area contributed by atoms with E-state index in [1.165, 1.54) is 11.3 Å². The van der Waals surface area contributed by atoms with Gasteiger partial charge >= 0.3 is 0 Å². The van der Waals surface area contributed by atoms with Crippen molar-refractivity contribution in [1.82, 2.24) is 4.72 Å². The van der Waals surface area contributed by atoms with Gasteiger partial charge in [-0.05, 0) is 27.4 Å². The average molecular weight is 271 g/mol. The van der Waals surface area contributed by atoms with E-state index in [4.69, 9.17) is 5.14 Å². The van der Waals surface area contributed by atoms with Crippen LogP contribution in [0.15, 0.2) is 15.9 Å². The topological polar surface area (TPSA) is 72.2 Å². The van der Waals surface area contributed by atoms with Gasteiger partial charge in [0.1, 0.15) is 0 Å². The number of thiophene rings is 1. The summed E-state index contributed by atoms with van der Waals surface area (Å²) in [5.41, 5.74) is 0. The maximum absolute atomic E-state index is 10.5. The van der Waals surface area contributed by atoms with Crippen molar-refractivity contribution in [2.75, 3.05) is 0 Å². The fourth-order valence-corrected chi connectivity index (χ4v) is 2.49. The van der Waals surface area contributed by atoms with E-state index in [2.05, 4.69) is 20.7 Å². The molecule has 0 saturated carbocycles. The molecule has 0 spiro atoms. The number of nitrogens with one attached hydrogen (secondary N) is 1. The summed E-state index contributed by atoms with van der Waals surface area (Å²) in [4.78, 5) is 0.907. The molecule has 0 bridgehead atoms. The molecular weight excluding hydrogens is 264 g/mol. The van der Waals surface area contributed by atoms with Crippen molar-refractivity contribution in [1.29, 1.82) is 0 Å². The lowest BCUT2D eigenvalue weighted by Crippen LogP contribution is -2.29. The predicted octanol–water partition coefficient (Wildman–Crippen LogP) is 0.804. The molecule has 1 aromatic rings. The number of nitrogens with two attached hydrogens (primary N) is 1. The molecule has 0 radical (unpaired) electrons. The highest BCUT2D eigenvalue weighted by Crippen LogP contribution is 2.22. The number of hydrogen-bond acceptors (Lipinski definition) is 3. The van der Waals surface area contributed by atoms with Gasteiger partial charge in [0.25, 0.3) is 10.2 Å². The first-order valence-corrected chi connectivity index (χ1v) is 6.20. The van der Waals surface area contributed by atoms with Gasteiger partial charge in [0.2, 0.25) is 0 Å². The van der Waals surface area contributed by atoms with E-state index in [9.17, 15) is 8.42 Å². The first kappa shape index (κ1) is 10.1. The standard InChI is InChI=1S/C5H7BrN2O2S2/c6-4-1-2-11-5(4)3-8-12(7,9)10/h1-2,8H,3H2,(H2,7,9,10). The van der Waals surface area contributed by atoms with E-state index in [0.717, 1.165) is 9.35 Å². The third-order valence-electron chi connectivity index (χ3n) is 1.12. The Hall–Kier alpha value is 0.0500. The molecule has 1 rings (SSSR count). The lowest BCUT2D eigenvalue weighted by Gasteiger charge is -1.98. The molecule has 3 N–H and O–H groups in total. The van der Waals surface area contributed by atoms with E-state index < -0.39 is 10.2 Å². The van der Waals surface area contributed by atoms with Crippen LogP contribution in [0.5, 0.6) is 0 Å². The Morgan fingerprint density at radius 2 is 2.33 bits per heavy atom. The normalized spacial score (nSPS) is 11.8. The highest BCUT2D eigenvalue weighted by Gasteiger charge is 2.04. The fourth-order valence-electron chi connectivity index (χ4n) is 0.617. The Morgan fingerprint density at radius 3 is 2.75 bits per heavy atom. The monoisotopic (exact) mass is 270 g/mol. The minimum atomic E-state index is -3.58. The molecule has 0 saturated heterocycles. The Kier molecular flexibility index (Phi) is 3.24. The maximum atomic E-state index is 10.5. The molecule has 4 nitrogen and oxygen atoms in total. The third kappa shape index (κ3) is 3.20. The summed E-state index contributed by atoms with van der Waals surface area (Å²) in [5.74, 6) is 0. The second kappa shape index (κ2) is 3.84. The van der Waals surface area contributed by atoms with Crippen molar-refractivity contribution >= 4 is 37.5 Å². The Morgan fingerprint density at radius 1 is 1.67 bits per heavy atom. The summed E-state index contributed by atoms with van der Waals surface area (Å²) in [5, 5.41) is 6.62. The maximum Gasteiger partial charge on any atom is 0.274 e. The molecule has 0 atom stereocenters. The van der Waals surface area contributed by atoms with Gasteiger partial charge in [-0.2, -0.15) is 13.1 Å². The van der Waals surface area contributed by atoms with Gasteiger partial charge in [-0.3, -0.25) is 0 Å². The van der Waals surface area contributed by atoms with Crippen LogP contribution in [0.4, 0.5) is 0 Å². The predicted molar refractivity (Wildman–Crippen MR) is 52.0 cm³/mol. The van der Waals surface area contributed by atoms with E-state index >= 15 is 0 Å². The third-order valence-corrected chi connectivity index (χ3v) is 3.60. The van der Waals surface area contributed by atoms with Gasteiger partial charge < -0.3 is 0 Å². The molecule has 12 heavy (non-hydrogen) atoms. The van der Waals surface area contributed by atoms with Crippen molar-refractivity contribution in [3.8, 4) is 0 Å². The molecule has 0 aliphatic heterocycles. The zero-order valence-corrected chi connectivity index (χ0v) is 9.17. The summed E-state index contributed by atoms with van der Waals surface area (Å²) in [6, 6.07) is 1.85. The summed E-state index contributed by atoms with van der Waals surface area (Å²) < 4.78 is 24.1. The molecule has 0 aliphatic rings. The smallest absolute Gasteiger partial charge is 0.216 e. The molecule has 0 aliphatic carbocycles. The average Bonchev–Trinajstić information content (AvgIpc) is 2.29. The number of hydrogen-bond donors (Lipinski definition) is 2. The van der Waals surface area contributed by atoms with Gasteiger partial charge in [0.05, 0.1) is 0 Å². The van der Waals surface area contributed by atoms with Crippen LogP contribution < -0.4 is 9.86 Å². The minimum Gasteiger partial charge on any atom is -0.216 e. The van der Waals surface area contributed by atoms with Gasteiger partial charge in [0.15, 0.2) is 0 Å². The van der Waals surface area contributed by atoms with Crippen molar-refractivity contribution in [3.05, 3.63) is 20.8 Å². The first-order valence-electron chi connectivity index (χ1n) is 2.98. The van der Waals surface area contributed by atoms with Crippen LogP contribution in [0.25, 0.3) is 0 Å². The van der Waals surface area contributed by atoms with Gasteiger partial charge in [0, 0.05) is 15.9 Å². The molecule has 7 heteroatoms. The van der Waals surface area contributed by atoms with Crippen LogP contribution >= 0.6 is 27.3 Å². The molecular formula is C5H7BrN2O2S2. The van der Waals surface area contributed by atoms with E-state index in [0.29, 0.717) is 0 Å². The summed E-state index contributed by atoms with van der Waals surface area (Å²) >= 11 is 4.73. The minimum absolute atomic E-state index is 0.233. The second-order valence-electron chi connectivity index (χ2n) is 2.06. The Bertz CT molecular complexity index is 359. The highest BCUT2D eigenvalue weighted by molar-refractivity contribution is 9.10. The zero-order chi connectivity index (χ0) is 9.19. The molecule has 1 aromatic heterocycles. The van der Waals surface area contributed by atoms with Gasteiger partial charge in [-0.25, -0.2) is 5.14 Å². The molecule has 0 aromatic carbocycles. The van der Waals surface area contributed by atoms with Crippen molar-refractivity contribution in [2.24, 2.45) is 5.14 Å². The van der Waals surface area contributed by atoms with Crippen molar-refractivity contribution in [3.63, 3.8) is 0 Å². The highest BCUT2D eigenvalue weighted by atomic mass is 79.9. The zero-order valence-electron chi connectivity index (χ0n) is 5.95. The first-order chi connectivity index (χ1) is 5.49. The molecule has 68 valence electrons. The molecule has 0 amide bonds. The lowest BCUT2D eigenvalue weighted by molar-refractivity contribution is 0.583. The Balaban J connectivity index is 2.61. The largest absolute Gasteiger partial charge is 0.274 e. The second-order valence-corrected chi connectivity index (χ2v) is 5.29. The Labute approximate surface area is 83.1 Å². The SMILES string of the molecule is NS(=O)(=O)NCc1sccc1Br. The van der Waals surface area contributed by atoms with Crippen LogP contribution in [0.2, 0.25) is 0 Å². The van der Waals surface area contributed by atoms with Crippen LogP contribution in [0.3, 0.4) is 0 Å². The van der Waals surface area contributed by atoms with Gasteiger partial charge in [-0.15, -0.1) is 11.3 Å². The van der Waals surface area contributed by atoms with Crippen molar-refractivity contribution < 1.29 is 8.42 Å². The summed E-state index contributed by atoms with van der Waals surface area (Å²) in [6.07, 6.45) is 0. The molecule has 0 unspecified atom stereocenters. The van der Waals surface area contributed by atoms with Crippen LogP contribution in [-0.2, 0) is 16.8 Å². The van der Waals surface area contributed by atoms with Crippen LogP contribution in [0.1, 0.15) is 4.88 Å². The quantitative estimate of drug-likeness (QED) is 0.853. The number of halogens is 1. The summed E-state index contributed by atoms with van der Waals surface area (Å²) in [7, 11) is -3.58. The summed E-state index contributed by atoms with van der Waals surface area (Å²) in [6.45, 7) is 0.233. The van der Waals surface area contributed by atoms with E-state index in [1.54, 1.807) is 0 Å². The van der Waals surface area contributed by atoms with E-state index in [-0.39, 0.29) is 6.54 Å². The van der Waals surface area contributed by atoms with E-state index in [1.807, 2.05) is 11.4 Å². The number of rotatable bonds is 3. The van der Waals surface area contributed by atoms with Gasteiger partial charge in [-0.1, -0.05) is 0 Å². The molecule has 0 fully saturated rings. The van der Waals surface area contributed by atoms with Crippen LogP contribution in [0, 0.1) is 0 Å².